The van der Waals surface area contributed by atoms with Crippen LogP contribution in [0.3, 0.4) is 0 Å². The third-order valence-corrected chi connectivity index (χ3v) is 5.20. The van der Waals surface area contributed by atoms with E-state index >= 15 is 0 Å². The monoisotopic (exact) mass is 457 g/mol. The average molecular weight is 457 g/mol. The third kappa shape index (κ3) is 4.96. The van der Waals surface area contributed by atoms with Gasteiger partial charge in [-0.3, -0.25) is 14.2 Å². The summed E-state index contributed by atoms with van der Waals surface area (Å²) in [5, 5.41) is 0. The van der Waals surface area contributed by atoms with Crippen molar-refractivity contribution in [3.63, 3.8) is 0 Å². The van der Waals surface area contributed by atoms with Crippen molar-refractivity contribution in [3.05, 3.63) is 52.4 Å². The summed E-state index contributed by atoms with van der Waals surface area (Å²) in [6, 6.07) is 4.24. The van der Waals surface area contributed by atoms with Crippen molar-refractivity contribution in [2.75, 3.05) is 6.61 Å². The molecular weight excluding hydrogens is 430 g/mol. The molecule has 0 aliphatic carbocycles. The molecule has 1 aromatic carbocycles. The van der Waals surface area contributed by atoms with Crippen LogP contribution in [0.1, 0.15) is 56.2 Å². The summed E-state index contributed by atoms with van der Waals surface area (Å²) in [5.74, 6) is -3.49. The minimum Gasteiger partial charge on any atom is -0.348 e. The number of hydrogen-bond donors (Lipinski definition) is 0. The summed E-state index contributed by atoms with van der Waals surface area (Å²) >= 11 is 0. The molecule has 3 rings (SSSR count). The Labute approximate surface area is 183 Å². The summed E-state index contributed by atoms with van der Waals surface area (Å²) in [7, 11) is 1.79. The highest BCUT2D eigenvalue weighted by Crippen LogP contribution is 2.32. The lowest BCUT2D eigenvalue weighted by Gasteiger charge is -2.22. The van der Waals surface area contributed by atoms with Crippen LogP contribution >= 0.6 is 0 Å². The van der Waals surface area contributed by atoms with Crippen molar-refractivity contribution in [1.29, 1.82) is 0 Å². The first-order valence-corrected chi connectivity index (χ1v) is 10.1. The Morgan fingerprint density at radius 3 is 2.44 bits per heavy atom. The zero-order valence-corrected chi connectivity index (χ0v) is 18.9. The zero-order chi connectivity index (χ0) is 24.1. The Morgan fingerprint density at radius 1 is 1.25 bits per heavy atom. The fourth-order valence-electron chi connectivity index (χ4n) is 3.71. The van der Waals surface area contributed by atoms with E-state index in [1.807, 2.05) is 25.5 Å². The second kappa shape index (κ2) is 8.15. The highest BCUT2D eigenvalue weighted by Gasteiger charge is 2.36. The van der Waals surface area contributed by atoms with Gasteiger partial charge in [0, 0.05) is 24.2 Å². The fraction of sp³-hybridized carbons (Fsp3) is 0.545. The second-order valence-electron chi connectivity index (χ2n) is 9.28. The summed E-state index contributed by atoms with van der Waals surface area (Å²) < 4.78 is 68.5. The number of benzene rings is 1. The van der Waals surface area contributed by atoms with Gasteiger partial charge in [-0.05, 0) is 26.0 Å². The lowest BCUT2D eigenvalue weighted by atomic mass is 9.92. The number of carbonyl (C=O) groups excluding carboxylic acids is 1. The molecule has 1 aromatic heterocycles. The van der Waals surface area contributed by atoms with E-state index in [2.05, 4.69) is 4.99 Å². The maximum absolute atomic E-state index is 14.5. The Hall–Kier alpha value is -2.46. The number of amides is 1. The number of rotatable bonds is 3. The number of carbonyl (C=O) groups is 1. The molecule has 2 heterocycles. The molecular formula is C22H27F4N3O3. The van der Waals surface area contributed by atoms with Gasteiger partial charge in [0.25, 0.3) is 5.91 Å². The smallest absolute Gasteiger partial charge is 0.348 e. The number of ether oxygens (including phenoxy) is 2. The minimum atomic E-state index is -4.92. The van der Waals surface area contributed by atoms with Crippen molar-refractivity contribution in [1.82, 2.24) is 9.36 Å². The molecule has 0 bridgehead atoms. The number of halogens is 4. The van der Waals surface area contributed by atoms with Crippen molar-refractivity contribution >= 4 is 5.91 Å². The molecule has 1 aliphatic heterocycles. The molecule has 0 unspecified atom stereocenters. The van der Waals surface area contributed by atoms with E-state index in [0.717, 1.165) is 17.8 Å². The van der Waals surface area contributed by atoms with Crippen LogP contribution in [0.5, 0.6) is 0 Å². The summed E-state index contributed by atoms with van der Waals surface area (Å²) in [6.45, 7) is 10.1. The molecule has 6 nitrogen and oxygen atoms in total. The van der Waals surface area contributed by atoms with Gasteiger partial charge in [0.1, 0.15) is 11.9 Å². The first-order chi connectivity index (χ1) is 14.6. The Balaban J connectivity index is 2.08. The van der Waals surface area contributed by atoms with Crippen molar-refractivity contribution in [2.24, 2.45) is 12.0 Å². The van der Waals surface area contributed by atoms with E-state index in [1.54, 1.807) is 31.6 Å². The van der Waals surface area contributed by atoms with Crippen LogP contribution < -0.4 is 5.49 Å². The lowest BCUT2D eigenvalue weighted by Crippen LogP contribution is -2.32. The van der Waals surface area contributed by atoms with Crippen LogP contribution in [0.2, 0.25) is 0 Å². The quantitative estimate of drug-likeness (QED) is 0.650. The van der Waals surface area contributed by atoms with Gasteiger partial charge in [-0.25, -0.2) is 4.39 Å². The van der Waals surface area contributed by atoms with Gasteiger partial charge in [0.2, 0.25) is 0 Å². The van der Waals surface area contributed by atoms with E-state index in [-0.39, 0.29) is 23.6 Å². The number of alkyl halides is 3. The van der Waals surface area contributed by atoms with E-state index in [4.69, 9.17) is 9.47 Å². The summed E-state index contributed by atoms with van der Waals surface area (Å²) in [4.78, 5) is 16.7. The van der Waals surface area contributed by atoms with E-state index in [1.165, 1.54) is 0 Å². The number of nitrogens with zero attached hydrogens (tertiary/aromatic N) is 3. The van der Waals surface area contributed by atoms with Crippen LogP contribution in [0.4, 0.5) is 17.6 Å². The predicted octanol–water partition coefficient (Wildman–Crippen LogP) is 4.17. The normalized spacial score (nSPS) is 19.6. The number of aromatic nitrogens is 2. The predicted molar refractivity (Wildman–Crippen MR) is 108 cm³/mol. The van der Waals surface area contributed by atoms with E-state index in [9.17, 15) is 22.4 Å². The first-order valence-electron chi connectivity index (χ1n) is 10.1. The topological polar surface area (TPSA) is 57.8 Å². The minimum absolute atomic E-state index is 0.188. The van der Waals surface area contributed by atoms with Gasteiger partial charge in [0.15, 0.2) is 11.3 Å². The maximum Gasteiger partial charge on any atom is 0.419 e. The van der Waals surface area contributed by atoms with Gasteiger partial charge in [-0.15, -0.1) is 0 Å². The molecule has 1 fully saturated rings. The Morgan fingerprint density at radius 2 is 1.91 bits per heavy atom. The number of hydrogen-bond acceptors (Lipinski definition) is 3. The van der Waals surface area contributed by atoms with Crippen molar-refractivity contribution < 1.29 is 31.8 Å². The van der Waals surface area contributed by atoms with E-state index < -0.39 is 34.8 Å². The van der Waals surface area contributed by atoms with E-state index in [0.29, 0.717) is 12.7 Å². The molecule has 0 saturated carbocycles. The second-order valence-corrected chi connectivity index (χ2v) is 9.28. The Bertz CT molecular complexity index is 1090. The highest BCUT2D eigenvalue weighted by atomic mass is 19.4. The molecule has 0 radical (unpaired) electrons. The van der Waals surface area contributed by atoms with Crippen LogP contribution in [0.15, 0.2) is 29.3 Å². The van der Waals surface area contributed by atoms with Crippen LogP contribution in [-0.4, -0.2) is 33.8 Å². The lowest BCUT2D eigenvalue weighted by molar-refractivity contribution is -0.140. The van der Waals surface area contributed by atoms with Crippen molar-refractivity contribution in [2.45, 2.75) is 64.6 Å². The zero-order valence-electron chi connectivity index (χ0n) is 18.9. The molecule has 176 valence electrons. The molecule has 2 aromatic rings. The fourth-order valence-corrected chi connectivity index (χ4v) is 3.71. The Kier molecular flexibility index (Phi) is 6.16. The van der Waals surface area contributed by atoms with Crippen LogP contribution in [0.25, 0.3) is 0 Å². The summed E-state index contributed by atoms with van der Waals surface area (Å²) in [5.41, 5.74) is -1.55. The van der Waals surface area contributed by atoms with Crippen molar-refractivity contribution in [3.8, 4) is 0 Å². The van der Waals surface area contributed by atoms with Crippen LogP contribution in [0, 0.1) is 5.82 Å². The molecule has 0 spiro atoms. The molecule has 1 saturated heterocycles. The average Bonchev–Trinajstić information content (AvgIpc) is 3.14. The standard InChI is InChI=1S/C22H27F4N3O3/c1-20(2,3)16-10-17(29(28(16)6)11-13-12-31-21(4,5)32-13)27-19(30)14-8-7-9-15(18(14)23)22(24,25)26/h7-10,13H,11-12H2,1-6H3/b27-17-/t13-/m0/s1. The van der Waals surface area contributed by atoms with Gasteiger partial charge < -0.3 is 9.47 Å². The van der Waals surface area contributed by atoms with Crippen LogP contribution in [-0.2, 0) is 34.7 Å². The van der Waals surface area contributed by atoms with Gasteiger partial charge in [0.05, 0.1) is 24.3 Å². The molecule has 1 atom stereocenters. The maximum atomic E-state index is 14.5. The molecule has 1 amide bonds. The first kappa shape index (κ1) is 24.2. The molecule has 1 aliphatic rings. The molecule has 0 N–H and O–H groups in total. The SMILES string of the molecule is Cn1c(C(C)(C)C)c/c(=N/C(=O)c2cccc(C(F)(F)F)c2F)n1C[C@H]1COC(C)(C)O1. The van der Waals surface area contributed by atoms with Gasteiger partial charge >= 0.3 is 6.18 Å². The summed E-state index contributed by atoms with van der Waals surface area (Å²) in [6.07, 6.45) is -5.25. The molecule has 32 heavy (non-hydrogen) atoms. The largest absolute Gasteiger partial charge is 0.419 e. The highest BCUT2D eigenvalue weighted by molar-refractivity contribution is 5.95. The van der Waals surface area contributed by atoms with Gasteiger partial charge in [-0.1, -0.05) is 26.8 Å². The molecule has 10 heteroatoms. The third-order valence-electron chi connectivity index (χ3n) is 5.20. The van der Waals surface area contributed by atoms with Gasteiger partial charge in [-0.2, -0.15) is 18.2 Å².